The quantitative estimate of drug-likeness (QED) is 0.613. The number of fused-ring (bicyclic) bond motifs is 1. The summed E-state index contributed by atoms with van der Waals surface area (Å²) in [6, 6.07) is 0. The monoisotopic (exact) mass is 342 g/mol. The number of guanidine groups is 1. The van der Waals surface area contributed by atoms with Gasteiger partial charge in [-0.05, 0) is 37.0 Å². The van der Waals surface area contributed by atoms with E-state index >= 15 is 0 Å². The van der Waals surface area contributed by atoms with Crippen LogP contribution < -0.4 is 5.32 Å². The van der Waals surface area contributed by atoms with Gasteiger partial charge in [0, 0.05) is 39.8 Å². The molecule has 0 spiro atoms. The van der Waals surface area contributed by atoms with Gasteiger partial charge in [0.2, 0.25) is 10.0 Å². The lowest BCUT2D eigenvalue weighted by Gasteiger charge is -2.23. The highest BCUT2D eigenvalue weighted by Crippen LogP contribution is 2.35. The van der Waals surface area contributed by atoms with Crippen molar-refractivity contribution in [3.05, 3.63) is 0 Å². The average molecular weight is 343 g/mol. The molecule has 0 bridgehead atoms. The summed E-state index contributed by atoms with van der Waals surface area (Å²) in [6.07, 6.45) is 7.72. The summed E-state index contributed by atoms with van der Waals surface area (Å²) in [4.78, 5) is 6.86. The van der Waals surface area contributed by atoms with Crippen LogP contribution in [0, 0.1) is 17.8 Å². The fraction of sp³-hybridized carbons (Fsp3) is 0.938. The van der Waals surface area contributed by atoms with Crippen molar-refractivity contribution in [2.75, 3.05) is 46.0 Å². The lowest BCUT2D eigenvalue weighted by Crippen LogP contribution is -2.42. The van der Waals surface area contributed by atoms with E-state index in [1.807, 2.05) is 7.05 Å². The number of sulfonamides is 1. The molecule has 3 unspecified atom stereocenters. The number of aliphatic imine (C=N–C) groups is 1. The minimum absolute atomic E-state index is 0.381. The first kappa shape index (κ1) is 17.0. The predicted molar refractivity (Wildman–Crippen MR) is 92.9 cm³/mol. The molecule has 0 aromatic carbocycles. The third-order valence-corrected chi connectivity index (χ3v) is 7.02. The Balaban J connectivity index is 1.49. The second-order valence-electron chi connectivity index (χ2n) is 7.41. The Labute approximate surface area is 140 Å². The second-order valence-corrected chi connectivity index (χ2v) is 9.40. The first-order chi connectivity index (χ1) is 11.0. The van der Waals surface area contributed by atoms with E-state index in [0.29, 0.717) is 19.0 Å². The van der Waals surface area contributed by atoms with Crippen LogP contribution in [0.25, 0.3) is 0 Å². The normalized spacial score (nSPS) is 33.0. The van der Waals surface area contributed by atoms with E-state index < -0.39 is 10.0 Å². The van der Waals surface area contributed by atoms with Gasteiger partial charge >= 0.3 is 0 Å². The summed E-state index contributed by atoms with van der Waals surface area (Å²) in [7, 11) is -1.20. The standard InChI is InChI=1S/C16H30N4O2S/c1-17-16(19-11-14-5-3-4-6-15(14)12-19)18-9-13-7-8-20(10-13)23(2,21)22/h13-15H,3-12H2,1-2H3,(H,17,18). The van der Waals surface area contributed by atoms with Crippen molar-refractivity contribution in [1.29, 1.82) is 0 Å². The van der Waals surface area contributed by atoms with Crippen LogP contribution in [-0.4, -0.2) is 69.6 Å². The smallest absolute Gasteiger partial charge is 0.211 e. The van der Waals surface area contributed by atoms with Gasteiger partial charge in [-0.2, -0.15) is 0 Å². The fourth-order valence-corrected chi connectivity index (χ4v) is 5.33. The lowest BCUT2D eigenvalue weighted by atomic mass is 9.82. The Morgan fingerprint density at radius 2 is 1.78 bits per heavy atom. The number of nitrogens with zero attached hydrogens (tertiary/aromatic N) is 3. The van der Waals surface area contributed by atoms with Crippen molar-refractivity contribution < 1.29 is 8.42 Å². The Bertz CT molecular complexity index is 534. The lowest BCUT2D eigenvalue weighted by molar-refractivity contribution is 0.299. The molecule has 132 valence electrons. The van der Waals surface area contributed by atoms with Crippen LogP contribution in [-0.2, 0) is 10.0 Å². The molecule has 1 N–H and O–H groups in total. The average Bonchev–Trinajstić information content (AvgIpc) is 3.13. The first-order valence-electron chi connectivity index (χ1n) is 8.88. The second kappa shape index (κ2) is 6.97. The third kappa shape index (κ3) is 3.99. The fourth-order valence-electron chi connectivity index (χ4n) is 4.41. The summed E-state index contributed by atoms with van der Waals surface area (Å²) in [5, 5.41) is 3.49. The molecule has 3 atom stereocenters. The van der Waals surface area contributed by atoms with Crippen molar-refractivity contribution in [3.63, 3.8) is 0 Å². The largest absolute Gasteiger partial charge is 0.356 e. The van der Waals surface area contributed by atoms with Gasteiger partial charge in [-0.25, -0.2) is 12.7 Å². The van der Waals surface area contributed by atoms with E-state index in [1.54, 1.807) is 4.31 Å². The topological polar surface area (TPSA) is 65.0 Å². The molecule has 1 aliphatic carbocycles. The Morgan fingerprint density at radius 1 is 1.13 bits per heavy atom. The number of hydrogen-bond donors (Lipinski definition) is 1. The van der Waals surface area contributed by atoms with Crippen LogP contribution in [0.4, 0.5) is 0 Å². The molecule has 3 aliphatic rings. The summed E-state index contributed by atoms with van der Waals surface area (Å²) >= 11 is 0. The molecular formula is C16H30N4O2S. The molecule has 0 aromatic heterocycles. The summed E-state index contributed by atoms with van der Waals surface area (Å²) in [6.45, 7) is 4.35. The van der Waals surface area contributed by atoms with Crippen LogP contribution in [0.5, 0.6) is 0 Å². The predicted octanol–water partition coefficient (Wildman–Crippen LogP) is 0.965. The minimum Gasteiger partial charge on any atom is -0.356 e. The highest BCUT2D eigenvalue weighted by molar-refractivity contribution is 7.88. The number of hydrogen-bond acceptors (Lipinski definition) is 3. The first-order valence-corrected chi connectivity index (χ1v) is 10.7. The molecular weight excluding hydrogens is 312 g/mol. The van der Waals surface area contributed by atoms with Gasteiger partial charge in [-0.15, -0.1) is 0 Å². The summed E-state index contributed by atoms with van der Waals surface area (Å²) in [5.41, 5.74) is 0. The molecule has 2 saturated heterocycles. The molecule has 0 radical (unpaired) electrons. The molecule has 2 heterocycles. The zero-order chi connectivity index (χ0) is 16.4. The van der Waals surface area contributed by atoms with Gasteiger partial charge < -0.3 is 10.2 Å². The van der Waals surface area contributed by atoms with E-state index in [9.17, 15) is 8.42 Å². The summed E-state index contributed by atoms with van der Waals surface area (Å²) < 4.78 is 24.8. The zero-order valence-electron chi connectivity index (χ0n) is 14.4. The van der Waals surface area contributed by atoms with E-state index in [-0.39, 0.29) is 0 Å². The minimum atomic E-state index is -3.04. The van der Waals surface area contributed by atoms with Gasteiger partial charge in [0.1, 0.15) is 0 Å². The molecule has 6 nitrogen and oxygen atoms in total. The molecule has 0 aromatic rings. The SMILES string of the molecule is CN=C(NCC1CCN(S(C)(=O)=O)C1)N1CC2CCCCC2C1. The number of rotatable bonds is 3. The molecule has 0 amide bonds. The van der Waals surface area contributed by atoms with Crippen molar-refractivity contribution in [2.24, 2.45) is 22.7 Å². The Hall–Kier alpha value is -0.820. The van der Waals surface area contributed by atoms with Crippen molar-refractivity contribution in [3.8, 4) is 0 Å². The molecule has 3 rings (SSSR count). The van der Waals surface area contributed by atoms with Gasteiger partial charge in [-0.3, -0.25) is 4.99 Å². The van der Waals surface area contributed by atoms with Crippen LogP contribution in [0.2, 0.25) is 0 Å². The van der Waals surface area contributed by atoms with Crippen LogP contribution >= 0.6 is 0 Å². The number of nitrogens with one attached hydrogen (secondary N) is 1. The summed E-state index contributed by atoms with van der Waals surface area (Å²) in [5.74, 6) is 3.06. The van der Waals surface area contributed by atoms with Crippen LogP contribution in [0.3, 0.4) is 0 Å². The highest BCUT2D eigenvalue weighted by atomic mass is 32.2. The van der Waals surface area contributed by atoms with Crippen molar-refractivity contribution in [1.82, 2.24) is 14.5 Å². The Morgan fingerprint density at radius 3 is 2.30 bits per heavy atom. The third-order valence-electron chi connectivity index (χ3n) is 5.75. The highest BCUT2D eigenvalue weighted by Gasteiger charge is 2.36. The van der Waals surface area contributed by atoms with Gasteiger partial charge in [0.05, 0.1) is 6.26 Å². The van der Waals surface area contributed by atoms with Crippen LogP contribution in [0.1, 0.15) is 32.1 Å². The molecule has 2 aliphatic heterocycles. The maximum Gasteiger partial charge on any atom is 0.211 e. The molecule has 1 saturated carbocycles. The van der Waals surface area contributed by atoms with E-state index in [2.05, 4.69) is 15.2 Å². The molecule has 3 fully saturated rings. The zero-order valence-corrected chi connectivity index (χ0v) is 15.2. The van der Waals surface area contributed by atoms with E-state index in [4.69, 9.17) is 0 Å². The maximum absolute atomic E-state index is 11.6. The van der Waals surface area contributed by atoms with Crippen molar-refractivity contribution in [2.45, 2.75) is 32.1 Å². The van der Waals surface area contributed by atoms with Gasteiger partial charge in [0.15, 0.2) is 5.96 Å². The van der Waals surface area contributed by atoms with Gasteiger partial charge in [0.25, 0.3) is 0 Å². The molecule has 23 heavy (non-hydrogen) atoms. The van der Waals surface area contributed by atoms with Crippen LogP contribution in [0.15, 0.2) is 4.99 Å². The maximum atomic E-state index is 11.6. The van der Waals surface area contributed by atoms with Crippen molar-refractivity contribution >= 4 is 16.0 Å². The van der Waals surface area contributed by atoms with E-state index in [0.717, 1.165) is 43.9 Å². The van der Waals surface area contributed by atoms with E-state index in [1.165, 1.54) is 31.9 Å². The molecule has 7 heteroatoms. The number of likely N-dealkylation sites (tertiary alicyclic amines) is 1. The Kier molecular flexibility index (Phi) is 5.16. The van der Waals surface area contributed by atoms with Gasteiger partial charge in [-0.1, -0.05) is 12.8 Å².